The largest absolute Gasteiger partial charge is 0.365 e. The molecule has 2 aliphatic heterocycles. The van der Waals surface area contributed by atoms with Gasteiger partial charge in [-0.25, -0.2) is 9.97 Å². The van der Waals surface area contributed by atoms with E-state index in [4.69, 9.17) is 0 Å². The van der Waals surface area contributed by atoms with Crippen LogP contribution < -0.4 is 5.32 Å². The maximum atomic E-state index is 4.52. The molecular formula is C15H20N4S. The summed E-state index contributed by atoms with van der Waals surface area (Å²) in [6, 6.07) is 1.26. The van der Waals surface area contributed by atoms with Crippen LogP contribution >= 0.6 is 11.3 Å². The third-order valence-corrected chi connectivity index (χ3v) is 6.01. The Morgan fingerprint density at radius 1 is 1.25 bits per heavy atom. The summed E-state index contributed by atoms with van der Waals surface area (Å²) < 4.78 is 0. The Labute approximate surface area is 123 Å². The molecule has 5 heteroatoms. The topological polar surface area (TPSA) is 41.1 Å². The number of hydrogen-bond acceptors (Lipinski definition) is 5. The number of aryl methyl sites for hydroxylation is 2. The van der Waals surface area contributed by atoms with Gasteiger partial charge in [-0.3, -0.25) is 4.90 Å². The highest BCUT2D eigenvalue weighted by atomic mass is 32.1. The molecule has 2 aromatic heterocycles. The summed E-state index contributed by atoms with van der Waals surface area (Å²) in [5.41, 5.74) is 1.33. The number of aromatic nitrogens is 2. The van der Waals surface area contributed by atoms with Gasteiger partial charge in [0.15, 0.2) is 0 Å². The zero-order chi connectivity index (χ0) is 13.7. The maximum Gasteiger partial charge on any atom is 0.138 e. The van der Waals surface area contributed by atoms with Crippen LogP contribution in [-0.4, -0.2) is 40.0 Å². The molecule has 2 atom stereocenters. The minimum atomic E-state index is 0.551. The fourth-order valence-electron chi connectivity index (χ4n) is 3.72. The van der Waals surface area contributed by atoms with Gasteiger partial charge >= 0.3 is 0 Å². The summed E-state index contributed by atoms with van der Waals surface area (Å²) in [5, 5.41) is 4.95. The highest BCUT2D eigenvalue weighted by Crippen LogP contribution is 2.35. The third kappa shape index (κ3) is 1.84. The normalized spacial score (nSPS) is 26.3. The lowest BCUT2D eigenvalue weighted by Gasteiger charge is -2.22. The van der Waals surface area contributed by atoms with E-state index in [1.165, 1.54) is 48.2 Å². The number of hydrogen-bond donors (Lipinski definition) is 1. The first-order valence-corrected chi connectivity index (χ1v) is 8.27. The molecule has 0 bridgehead atoms. The lowest BCUT2D eigenvalue weighted by molar-refractivity contribution is 0.318. The summed E-state index contributed by atoms with van der Waals surface area (Å²) in [4.78, 5) is 14.0. The molecule has 2 fully saturated rings. The highest BCUT2D eigenvalue weighted by Gasteiger charge is 2.37. The number of rotatable bonds is 2. The van der Waals surface area contributed by atoms with Crippen LogP contribution in [0.3, 0.4) is 0 Å². The van der Waals surface area contributed by atoms with Crippen molar-refractivity contribution < 1.29 is 0 Å². The van der Waals surface area contributed by atoms with Gasteiger partial charge in [0.25, 0.3) is 0 Å². The second kappa shape index (κ2) is 4.67. The fraction of sp³-hybridized carbons (Fsp3) is 0.600. The molecule has 1 N–H and O–H groups in total. The molecule has 0 radical (unpaired) electrons. The van der Waals surface area contributed by atoms with E-state index in [2.05, 4.69) is 34.0 Å². The molecule has 0 aromatic carbocycles. The first-order valence-electron chi connectivity index (χ1n) is 7.45. The Kier molecular flexibility index (Phi) is 2.93. The maximum absolute atomic E-state index is 4.52. The Morgan fingerprint density at radius 2 is 2.15 bits per heavy atom. The van der Waals surface area contributed by atoms with Crippen molar-refractivity contribution in [3.8, 4) is 0 Å². The van der Waals surface area contributed by atoms with Gasteiger partial charge in [0.1, 0.15) is 17.0 Å². The van der Waals surface area contributed by atoms with Gasteiger partial charge < -0.3 is 5.32 Å². The summed E-state index contributed by atoms with van der Waals surface area (Å²) in [7, 11) is 0. The average Bonchev–Trinajstić information content (AvgIpc) is 3.09. The van der Waals surface area contributed by atoms with E-state index < -0.39 is 0 Å². The monoisotopic (exact) mass is 288 g/mol. The molecule has 2 aliphatic rings. The Morgan fingerprint density at radius 3 is 3.05 bits per heavy atom. The van der Waals surface area contributed by atoms with Gasteiger partial charge in [-0.1, -0.05) is 0 Å². The predicted molar refractivity (Wildman–Crippen MR) is 83.5 cm³/mol. The molecule has 0 spiro atoms. The van der Waals surface area contributed by atoms with Crippen LogP contribution in [0.5, 0.6) is 0 Å². The average molecular weight is 288 g/mol. The molecule has 20 heavy (non-hydrogen) atoms. The van der Waals surface area contributed by atoms with Crippen molar-refractivity contribution in [1.82, 2.24) is 14.9 Å². The Balaban J connectivity index is 1.69. The lowest BCUT2D eigenvalue weighted by Crippen LogP contribution is -2.34. The molecular weight excluding hydrogens is 268 g/mol. The van der Waals surface area contributed by atoms with E-state index in [1.807, 2.05) is 0 Å². The molecule has 4 heterocycles. The summed E-state index contributed by atoms with van der Waals surface area (Å²) >= 11 is 1.77. The van der Waals surface area contributed by atoms with Crippen LogP contribution in [0.2, 0.25) is 0 Å². The highest BCUT2D eigenvalue weighted by molar-refractivity contribution is 7.18. The molecule has 4 nitrogen and oxygen atoms in total. The van der Waals surface area contributed by atoms with Crippen LogP contribution in [0.4, 0.5) is 5.82 Å². The third-order valence-electron chi connectivity index (χ3n) is 4.89. The van der Waals surface area contributed by atoms with Crippen LogP contribution in [0.25, 0.3) is 10.2 Å². The molecule has 106 valence electrons. The van der Waals surface area contributed by atoms with Crippen molar-refractivity contribution in [2.24, 2.45) is 0 Å². The first kappa shape index (κ1) is 12.5. The van der Waals surface area contributed by atoms with E-state index in [-0.39, 0.29) is 0 Å². The minimum absolute atomic E-state index is 0.551. The van der Waals surface area contributed by atoms with E-state index in [0.29, 0.717) is 12.1 Å². The van der Waals surface area contributed by atoms with Crippen molar-refractivity contribution in [2.75, 3.05) is 18.4 Å². The van der Waals surface area contributed by atoms with E-state index in [0.717, 1.165) is 10.6 Å². The van der Waals surface area contributed by atoms with Crippen molar-refractivity contribution in [3.63, 3.8) is 0 Å². The first-order chi connectivity index (χ1) is 9.74. The van der Waals surface area contributed by atoms with Crippen molar-refractivity contribution >= 4 is 27.4 Å². The molecule has 4 rings (SSSR count). The smallest absolute Gasteiger partial charge is 0.138 e. The second-order valence-electron chi connectivity index (χ2n) is 5.97. The Bertz CT molecular complexity index is 651. The fourth-order valence-corrected chi connectivity index (χ4v) is 4.72. The van der Waals surface area contributed by atoms with Gasteiger partial charge in [-0.15, -0.1) is 11.3 Å². The number of anilines is 1. The summed E-state index contributed by atoms with van der Waals surface area (Å²) in [5.74, 6) is 1.04. The van der Waals surface area contributed by atoms with Crippen LogP contribution in [0.1, 0.15) is 29.7 Å². The number of nitrogens with zero attached hydrogens (tertiary/aromatic N) is 3. The van der Waals surface area contributed by atoms with Crippen LogP contribution in [0, 0.1) is 13.8 Å². The van der Waals surface area contributed by atoms with E-state index >= 15 is 0 Å². The van der Waals surface area contributed by atoms with Gasteiger partial charge in [0, 0.05) is 23.5 Å². The zero-order valence-corrected chi connectivity index (χ0v) is 12.8. The molecule has 2 unspecified atom stereocenters. The van der Waals surface area contributed by atoms with E-state index in [1.54, 1.807) is 17.7 Å². The van der Waals surface area contributed by atoms with Gasteiger partial charge in [-0.2, -0.15) is 0 Å². The zero-order valence-electron chi connectivity index (χ0n) is 12.0. The van der Waals surface area contributed by atoms with Crippen LogP contribution in [0.15, 0.2) is 6.33 Å². The van der Waals surface area contributed by atoms with Crippen molar-refractivity contribution in [2.45, 2.75) is 45.2 Å². The summed E-state index contributed by atoms with van der Waals surface area (Å²) in [6.45, 7) is 6.86. The molecule has 0 saturated carbocycles. The van der Waals surface area contributed by atoms with Crippen LogP contribution in [-0.2, 0) is 0 Å². The molecule has 0 amide bonds. The van der Waals surface area contributed by atoms with Crippen molar-refractivity contribution in [1.29, 1.82) is 0 Å². The minimum Gasteiger partial charge on any atom is -0.365 e. The number of nitrogens with one attached hydrogen (secondary N) is 1. The summed E-state index contributed by atoms with van der Waals surface area (Å²) in [6.07, 6.45) is 5.60. The SMILES string of the molecule is Cc1sc2ncnc(NC3CCN4CCCC34)c2c1C. The van der Waals surface area contributed by atoms with Crippen molar-refractivity contribution in [3.05, 3.63) is 16.8 Å². The lowest BCUT2D eigenvalue weighted by atomic mass is 10.1. The molecule has 0 aliphatic carbocycles. The predicted octanol–water partition coefficient (Wildman–Crippen LogP) is 2.96. The number of thiophene rings is 1. The molecule has 2 saturated heterocycles. The number of fused-ring (bicyclic) bond motifs is 2. The van der Waals surface area contributed by atoms with E-state index in [9.17, 15) is 0 Å². The Hall–Kier alpha value is -1.20. The second-order valence-corrected chi connectivity index (χ2v) is 7.17. The standard InChI is InChI=1S/C15H20N4S/c1-9-10(2)20-15-13(9)14(16-8-17-15)18-11-5-7-19-6-3-4-12(11)19/h8,11-12H,3-7H2,1-2H3,(H,16,17,18). The van der Waals surface area contributed by atoms with Gasteiger partial charge in [0.05, 0.1) is 5.39 Å². The van der Waals surface area contributed by atoms with Gasteiger partial charge in [0.2, 0.25) is 0 Å². The molecule has 2 aromatic rings. The quantitative estimate of drug-likeness (QED) is 0.922. The van der Waals surface area contributed by atoms with Gasteiger partial charge in [-0.05, 0) is 45.2 Å².